The first-order chi connectivity index (χ1) is 7.75. The van der Waals surface area contributed by atoms with E-state index in [4.69, 9.17) is 4.74 Å². The lowest BCUT2D eigenvalue weighted by atomic mass is 9.88. The largest absolute Gasteiger partial charge is 0.370 e. The van der Waals surface area contributed by atoms with Gasteiger partial charge in [-0.3, -0.25) is 4.79 Å². The molecular weight excluding hydrogens is 200 g/mol. The van der Waals surface area contributed by atoms with Crippen molar-refractivity contribution < 1.29 is 9.53 Å². The minimum absolute atomic E-state index is 0.320. The molecule has 2 aliphatic rings. The molecule has 0 N–H and O–H groups in total. The maximum Gasteiger partial charge on any atom is 0.161 e. The predicted octanol–water partition coefficient (Wildman–Crippen LogP) is 3.34. The molecule has 0 aromatic rings. The van der Waals surface area contributed by atoms with Crippen molar-refractivity contribution in [1.82, 2.24) is 0 Å². The maximum atomic E-state index is 11.8. The van der Waals surface area contributed by atoms with Gasteiger partial charge >= 0.3 is 0 Å². The Morgan fingerprint density at radius 2 is 1.88 bits per heavy atom. The van der Waals surface area contributed by atoms with Crippen LogP contribution in [0.25, 0.3) is 0 Å². The molecule has 2 aliphatic carbocycles. The molecule has 0 amide bonds. The van der Waals surface area contributed by atoms with Gasteiger partial charge in [-0.1, -0.05) is 32.6 Å². The average Bonchev–Trinajstić information content (AvgIpc) is 2.79. The van der Waals surface area contributed by atoms with E-state index in [-0.39, 0.29) is 0 Å². The van der Waals surface area contributed by atoms with E-state index in [0.29, 0.717) is 24.4 Å². The quantitative estimate of drug-likeness (QED) is 0.732. The van der Waals surface area contributed by atoms with Crippen LogP contribution in [-0.4, -0.2) is 18.5 Å². The third kappa shape index (κ3) is 3.31. The Balaban J connectivity index is 1.67. The van der Waals surface area contributed by atoms with Gasteiger partial charge in [-0.05, 0) is 31.6 Å². The number of hydrogen-bond donors (Lipinski definition) is 0. The second-order valence-corrected chi connectivity index (χ2v) is 5.65. The summed E-state index contributed by atoms with van der Waals surface area (Å²) in [5, 5.41) is 0. The van der Waals surface area contributed by atoms with Gasteiger partial charge in [0.05, 0.1) is 6.10 Å². The number of ketones is 1. The minimum Gasteiger partial charge on any atom is -0.370 e. The molecule has 0 heterocycles. The lowest BCUT2D eigenvalue weighted by Gasteiger charge is -2.26. The molecule has 0 bridgehead atoms. The summed E-state index contributed by atoms with van der Waals surface area (Å²) in [6.07, 6.45) is 9.93. The number of rotatable bonds is 4. The van der Waals surface area contributed by atoms with Gasteiger partial charge in [0.15, 0.2) is 5.78 Å². The van der Waals surface area contributed by atoms with Gasteiger partial charge < -0.3 is 4.74 Å². The zero-order valence-electron chi connectivity index (χ0n) is 10.4. The number of hydrogen-bond acceptors (Lipinski definition) is 2. The van der Waals surface area contributed by atoms with E-state index >= 15 is 0 Å². The van der Waals surface area contributed by atoms with Gasteiger partial charge in [-0.25, -0.2) is 0 Å². The van der Waals surface area contributed by atoms with Crippen LogP contribution >= 0.6 is 0 Å². The van der Waals surface area contributed by atoms with Crippen molar-refractivity contribution in [2.24, 2.45) is 11.8 Å². The Hall–Kier alpha value is -0.370. The highest BCUT2D eigenvalue weighted by atomic mass is 16.5. The molecule has 0 radical (unpaired) electrons. The van der Waals surface area contributed by atoms with Gasteiger partial charge in [0.2, 0.25) is 0 Å². The number of carbonyl (C=O) groups is 1. The first kappa shape index (κ1) is 12.1. The van der Waals surface area contributed by atoms with Crippen LogP contribution in [0.1, 0.15) is 58.3 Å². The number of ether oxygens (including phenoxy) is 1. The van der Waals surface area contributed by atoms with Gasteiger partial charge in [0, 0.05) is 5.92 Å². The van der Waals surface area contributed by atoms with Crippen molar-refractivity contribution in [3.63, 3.8) is 0 Å². The maximum absolute atomic E-state index is 11.8. The number of Topliss-reactive ketones (excluding diaryl/α,β-unsaturated/α-hetero) is 1. The van der Waals surface area contributed by atoms with Crippen molar-refractivity contribution in [2.75, 3.05) is 6.61 Å². The van der Waals surface area contributed by atoms with Crippen LogP contribution in [0.2, 0.25) is 0 Å². The Morgan fingerprint density at radius 1 is 1.12 bits per heavy atom. The fraction of sp³-hybridized carbons (Fsp3) is 0.929. The summed E-state index contributed by atoms with van der Waals surface area (Å²) >= 11 is 0. The molecule has 2 unspecified atom stereocenters. The third-order valence-corrected chi connectivity index (χ3v) is 4.16. The molecule has 2 nitrogen and oxygen atoms in total. The second kappa shape index (κ2) is 5.81. The topological polar surface area (TPSA) is 26.3 Å². The van der Waals surface area contributed by atoms with E-state index in [1.54, 1.807) is 0 Å². The molecule has 2 saturated carbocycles. The smallest absolute Gasteiger partial charge is 0.161 e. The normalized spacial score (nSPS) is 31.8. The molecule has 92 valence electrons. The standard InChI is InChI=1S/C14H24O2/c1-11-5-4-8-13(9-11)16-10-14(15)12-6-2-3-7-12/h11-13H,2-10H2,1H3. The Morgan fingerprint density at radius 3 is 2.56 bits per heavy atom. The van der Waals surface area contributed by atoms with E-state index in [2.05, 4.69) is 6.92 Å². The van der Waals surface area contributed by atoms with Crippen LogP contribution in [0, 0.1) is 11.8 Å². The minimum atomic E-state index is 0.320. The van der Waals surface area contributed by atoms with Crippen LogP contribution in [0.15, 0.2) is 0 Å². The van der Waals surface area contributed by atoms with Gasteiger partial charge in [0.25, 0.3) is 0 Å². The second-order valence-electron chi connectivity index (χ2n) is 5.65. The van der Waals surface area contributed by atoms with Crippen molar-refractivity contribution in [1.29, 1.82) is 0 Å². The first-order valence-electron chi connectivity index (χ1n) is 6.90. The van der Waals surface area contributed by atoms with E-state index in [1.807, 2.05) is 0 Å². The third-order valence-electron chi connectivity index (χ3n) is 4.16. The van der Waals surface area contributed by atoms with E-state index < -0.39 is 0 Å². The summed E-state index contributed by atoms with van der Waals surface area (Å²) in [6.45, 7) is 2.66. The van der Waals surface area contributed by atoms with Crippen LogP contribution in [0.5, 0.6) is 0 Å². The lowest BCUT2D eigenvalue weighted by Crippen LogP contribution is -2.26. The molecule has 0 saturated heterocycles. The molecule has 2 fully saturated rings. The summed E-state index contributed by atoms with van der Waals surface area (Å²) in [7, 11) is 0. The summed E-state index contributed by atoms with van der Waals surface area (Å²) in [5.74, 6) is 1.46. The van der Waals surface area contributed by atoms with Crippen LogP contribution in [0.4, 0.5) is 0 Å². The molecule has 16 heavy (non-hydrogen) atoms. The average molecular weight is 224 g/mol. The first-order valence-corrected chi connectivity index (χ1v) is 6.90. The highest BCUT2D eigenvalue weighted by Crippen LogP contribution is 2.28. The molecule has 0 spiro atoms. The SMILES string of the molecule is CC1CCCC(OCC(=O)C2CCCC2)C1. The lowest BCUT2D eigenvalue weighted by molar-refractivity contribution is -0.130. The van der Waals surface area contributed by atoms with Gasteiger partial charge in [0.1, 0.15) is 6.61 Å². The molecular formula is C14H24O2. The van der Waals surface area contributed by atoms with Crippen molar-refractivity contribution >= 4 is 5.78 Å². The highest BCUT2D eigenvalue weighted by Gasteiger charge is 2.25. The predicted molar refractivity (Wildman–Crippen MR) is 64.3 cm³/mol. The summed E-state index contributed by atoms with van der Waals surface area (Å²) in [4.78, 5) is 11.8. The molecule has 0 aromatic carbocycles. The Bertz CT molecular complexity index is 231. The Labute approximate surface area is 98.7 Å². The summed E-state index contributed by atoms with van der Waals surface area (Å²) < 4.78 is 5.78. The van der Waals surface area contributed by atoms with E-state index in [9.17, 15) is 4.79 Å². The summed E-state index contributed by atoms with van der Waals surface area (Å²) in [6, 6.07) is 0. The van der Waals surface area contributed by atoms with Crippen molar-refractivity contribution in [3.8, 4) is 0 Å². The van der Waals surface area contributed by atoms with E-state index in [0.717, 1.165) is 31.6 Å². The van der Waals surface area contributed by atoms with E-state index in [1.165, 1.54) is 25.7 Å². The zero-order chi connectivity index (χ0) is 11.4. The fourth-order valence-electron chi connectivity index (χ4n) is 3.10. The van der Waals surface area contributed by atoms with Crippen LogP contribution in [-0.2, 0) is 9.53 Å². The zero-order valence-corrected chi connectivity index (χ0v) is 10.4. The fourth-order valence-corrected chi connectivity index (χ4v) is 3.10. The molecule has 0 aliphatic heterocycles. The summed E-state index contributed by atoms with van der Waals surface area (Å²) in [5.41, 5.74) is 0. The highest BCUT2D eigenvalue weighted by molar-refractivity contribution is 5.82. The molecule has 2 atom stereocenters. The molecule has 0 aromatic heterocycles. The van der Waals surface area contributed by atoms with Gasteiger partial charge in [-0.2, -0.15) is 0 Å². The Kier molecular flexibility index (Phi) is 4.39. The van der Waals surface area contributed by atoms with Crippen molar-refractivity contribution in [3.05, 3.63) is 0 Å². The van der Waals surface area contributed by atoms with Crippen molar-refractivity contribution in [2.45, 2.75) is 64.4 Å². The molecule has 2 rings (SSSR count). The van der Waals surface area contributed by atoms with Gasteiger partial charge in [-0.15, -0.1) is 0 Å². The van der Waals surface area contributed by atoms with Crippen LogP contribution in [0.3, 0.4) is 0 Å². The number of carbonyl (C=O) groups excluding carboxylic acids is 1. The van der Waals surface area contributed by atoms with Crippen LogP contribution < -0.4 is 0 Å². The molecule has 2 heteroatoms. The monoisotopic (exact) mass is 224 g/mol.